The molecule has 2 heterocycles. The third-order valence-corrected chi connectivity index (χ3v) is 6.88. The Labute approximate surface area is 224 Å². The molecule has 204 valence electrons. The Morgan fingerprint density at radius 2 is 1.76 bits per heavy atom. The van der Waals surface area contributed by atoms with E-state index < -0.39 is 17.7 Å². The molecule has 0 bridgehead atoms. The minimum absolute atomic E-state index is 0.0825. The molecule has 1 atom stereocenters. The van der Waals surface area contributed by atoms with E-state index in [1.54, 1.807) is 29.2 Å². The van der Waals surface area contributed by atoms with E-state index in [-0.39, 0.29) is 11.3 Å². The van der Waals surface area contributed by atoms with E-state index in [9.17, 15) is 14.7 Å². The van der Waals surface area contributed by atoms with E-state index >= 15 is 0 Å². The van der Waals surface area contributed by atoms with Crippen LogP contribution in [0.4, 0.5) is 0 Å². The van der Waals surface area contributed by atoms with Gasteiger partial charge >= 0.3 is 0 Å². The summed E-state index contributed by atoms with van der Waals surface area (Å²) in [6.07, 6.45) is 0.909. The molecule has 0 saturated carbocycles. The van der Waals surface area contributed by atoms with E-state index in [1.165, 1.54) is 0 Å². The van der Waals surface area contributed by atoms with Crippen LogP contribution in [0, 0.1) is 5.92 Å². The SMILES string of the molecule is CCOc1cc(C2/C(=C(\O)c3ccccc3)C(=O)C(=O)N2CCN2CCOCC2)ccc1OCCC(C)C. The molecule has 1 amide bonds. The van der Waals surface area contributed by atoms with E-state index in [1.807, 2.05) is 31.2 Å². The van der Waals surface area contributed by atoms with Crippen LogP contribution < -0.4 is 9.47 Å². The molecule has 8 nitrogen and oxygen atoms in total. The lowest BCUT2D eigenvalue weighted by Gasteiger charge is -2.31. The first-order valence-electron chi connectivity index (χ1n) is 13.4. The Kier molecular flexibility index (Phi) is 9.42. The van der Waals surface area contributed by atoms with Gasteiger partial charge in [0.25, 0.3) is 11.7 Å². The number of ether oxygens (including phenoxy) is 3. The van der Waals surface area contributed by atoms with Crippen LogP contribution >= 0.6 is 0 Å². The van der Waals surface area contributed by atoms with Gasteiger partial charge in [-0.15, -0.1) is 0 Å². The Morgan fingerprint density at radius 1 is 1.03 bits per heavy atom. The Hall–Kier alpha value is -3.36. The molecular formula is C30H38N2O6. The number of aliphatic hydroxyl groups excluding tert-OH is 1. The van der Waals surface area contributed by atoms with Crippen molar-refractivity contribution in [3.05, 3.63) is 65.2 Å². The number of rotatable bonds is 11. The van der Waals surface area contributed by atoms with Crippen LogP contribution in [-0.4, -0.2) is 79.2 Å². The molecular weight excluding hydrogens is 484 g/mol. The molecule has 8 heteroatoms. The van der Waals surface area contributed by atoms with Gasteiger partial charge in [-0.05, 0) is 37.0 Å². The second kappa shape index (κ2) is 12.9. The number of hydrogen-bond acceptors (Lipinski definition) is 7. The zero-order valence-electron chi connectivity index (χ0n) is 22.5. The smallest absolute Gasteiger partial charge is 0.295 e. The second-order valence-electron chi connectivity index (χ2n) is 9.98. The van der Waals surface area contributed by atoms with Gasteiger partial charge in [0.1, 0.15) is 5.76 Å². The lowest BCUT2D eigenvalue weighted by atomic mass is 9.95. The number of hydrogen-bond donors (Lipinski definition) is 1. The number of ketones is 1. The van der Waals surface area contributed by atoms with Gasteiger partial charge in [0, 0.05) is 31.7 Å². The highest BCUT2D eigenvalue weighted by Crippen LogP contribution is 2.42. The van der Waals surface area contributed by atoms with Crippen molar-refractivity contribution in [3.8, 4) is 11.5 Å². The van der Waals surface area contributed by atoms with Crippen molar-refractivity contribution in [1.29, 1.82) is 0 Å². The predicted octanol–water partition coefficient (Wildman–Crippen LogP) is 4.26. The van der Waals surface area contributed by atoms with Crippen molar-refractivity contribution in [2.24, 2.45) is 5.92 Å². The maximum absolute atomic E-state index is 13.3. The van der Waals surface area contributed by atoms with E-state index in [0.29, 0.717) is 68.1 Å². The van der Waals surface area contributed by atoms with Gasteiger partial charge in [0.2, 0.25) is 0 Å². The normalized spacial score (nSPS) is 19.8. The van der Waals surface area contributed by atoms with Crippen LogP contribution in [0.3, 0.4) is 0 Å². The molecule has 2 saturated heterocycles. The second-order valence-corrected chi connectivity index (χ2v) is 9.98. The summed E-state index contributed by atoms with van der Waals surface area (Å²) in [5.74, 6) is 0.188. The van der Waals surface area contributed by atoms with Crippen LogP contribution in [0.5, 0.6) is 11.5 Å². The van der Waals surface area contributed by atoms with Gasteiger partial charge in [-0.25, -0.2) is 0 Å². The fourth-order valence-corrected chi connectivity index (χ4v) is 4.77. The van der Waals surface area contributed by atoms with Crippen molar-refractivity contribution in [2.75, 3.05) is 52.6 Å². The molecule has 4 rings (SSSR count). The monoisotopic (exact) mass is 522 g/mol. The van der Waals surface area contributed by atoms with Gasteiger partial charge in [-0.3, -0.25) is 14.5 Å². The van der Waals surface area contributed by atoms with E-state index in [0.717, 1.165) is 19.5 Å². The molecule has 0 aromatic heterocycles. The number of Topliss-reactive ketones (excluding diaryl/α,β-unsaturated/α-hetero) is 1. The average molecular weight is 523 g/mol. The highest BCUT2D eigenvalue weighted by atomic mass is 16.5. The molecule has 2 aromatic rings. The van der Waals surface area contributed by atoms with E-state index in [2.05, 4.69) is 18.7 Å². The fraction of sp³-hybridized carbons (Fsp3) is 0.467. The molecule has 2 aliphatic heterocycles. The molecule has 1 unspecified atom stereocenters. The summed E-state index contributed by atoms with van der Waals surface area (Å²) in [4.78, 5) is 30.5. The number of aliphatic hydroxyl groups is 1. The maximum Gasteiger partial charge on any atom is 0.295 e. The number of amides is 1. The average Bonchev–Trinajstić information content (AvgIpc) is 3.18. The highest BCUT2D eigenvalue weighted by molar-refractivity contribution is 6.46. The van der Waals surface area contributed by atoms with Crippen molar-refractivity contribution in [3.63, 3.8) is 0 Å². The third-order valence-electron chi connectivity index (χ3n) is 6.88. The number of likely N-dealkylation sites (tertiary alicyclic amines) is 1. The predicted molar refractivity (Wildman–Crippen MR) is 145 cm³/mol. The summed E-state index contributed by atoms with van der Waals surface area (Å²) in [5, 5.41) is 11.3. The zero-order valence-corrected chi connectivity index (χ0v) is 22.5. The first-order valence-corrected chi connectivity index (χ1v) is 13.4. The summed E-state index contributed by atoms with van der Waals surface area (Å²) in [6, 6.07) is 13.6. The third kappa shape index (κ3) is 6.37. The number of nitrogens with zero attached hydrogens (tertiary/aromatic N) is 2. The van der Waals surface area contributed by atoms with Crippen LogP contribution in [0.25, 0.3) is 5.76 Å². The molecule has 2 aliphatic rings. The largest absolute Gasteiger partial charge is 0.507 e. The van der Waals surface area contributed by atoms with Gasteiger partial charge in [-0.1, -0.05) is 50.2 Å². The Balaban J connectivity index is 1.72. The number of morpholine rings is 1. The highest BCUT2D eigenvalue weighted by Gasteiger charge is 2.46. The summed E-state index contributed by atoms with van der Waals surface area (Å²) < 4.78 is 17.4. The van der Waals surface area contributed by atoms with Crippen molar-refractivity contribution in [1.82, 2.24) is 9.80 Å². The first-order chi connectivity index (χ1) is 18.4. The summed E-state index contributed by atoms with van der Waals surface area (Å²) in [6.45, 7) is 11.0. The van der Waals surface area contributed by atoms with Crippen LogP contribution in [0.15, 0.2) is 54.1 Å². The minimum Gasteiger partial charge on any atom is -0.507 e. The summed E-state index contributed by atoms with van der Waals surface area (Å²) in [7, 11) is 0. The lowest BCUT2D eigenvalue weighted by molar-refractivity contribution is -0.140. The quantitative estimate of drug-likeness (QED) is 0.268. The van der Waals surface area contributed by atoms with Crippen molar-refractivity contribution >= 4 is 17.4 Å². The van der Waals surface area contributed by atoms with Gasteiger partial charge < -0.3 is 24.2 Å². The zero-order chi connectivity index (χ0) is 27.1. The molecule has 0 spiro atoms. The van der Waals surface area contributed by atoms with Crippen molar-refractivity contribution in [2.45, 2.75) is 33.2 Å². The van der Waals surface area contributed by atoms with Crippen LogP contribution in [-0.2, 0) is 14.3 Å². The molecule has 1 N–H and O–H groups in total. The number of carbonyl (C=O) groups excluding carboxylic acids is 2. The van der Waals surface area contributed by atoms with Gasteiger partial charge in [0.05, 0.1) is 38.0 Å². The number of carbonyl (C=O) groups is 2. The van der Waals surface area contributed by atoms with E-state index in [4.69, 9.17) is 14.2 Å². The molecule has 2 fully saturated rings. The van der Waals surface area contributed by atoms with Crippen molar-refractivity contribution < 1.29 is 28.9 Å². The molecule has 0 aliphatic carbocycles. The molecule has 38 heavy (non-hydrogen) atoms. The molecule has 0 radical (unpaired) electrons. The Bertz CT molecular complexity index is 1140. The van der Waals surface area contributed by atoms with Gasteiger partial charge in [0.15, 0.2) is 11.5 Å². The lowest BCUT2D eigenvalue weighted by Crippen LogP contribution is -2.42. The topological polar surface area (TPSA) is 88.5 Å². The number of benzene rings is 2. The van der Waals surface area contributed by atoms with Crippen LogP contribution in [0.1, 0.15) is 44.4 Å². The summed E-state index contributed by atoms with van der Waals surface area (Å²) in [5.41, 5.74) is 1.25. The first kappa shape index (κ1) is 27.7. The standard InChI is InChI=1S/C30H38N2O6/c1-4-37-25-20-23(10-11-24(25)38-17-12-21(2)3)27-26(28(33)22-8-6-5-7-9-22)29(34)30(35)32(27)14-13-31-15-18-36-19-16-31/h5-11,20-21,27,33H,4,12-19H2,1-3H3/b28-26+. The molecule has 2 aromatic carbocycles. The van der Waals surface area contributed by atoms with Crippen LogP contribution in [0.2, 0.25) is 0 Å². The minimum atomic E-state index is -0.750. The van der Waals surface area contributed by atoms with Gasteiger partial charge in [-0.2, -0.15) is 0 Å². The summed E-state index contributed by atoms with van der Waals surface area (Å²) >= 11 is 0. The maximum atomic E-state index is 13.3. The fourth-order valence-electron chi connectivity index (χ4n) is 4.77. The Morgan fingerprint density at radius 3 is 2.45 bits per heavy atom.